The Kier molecular flexibility index (Phi) is 4.23. The van der Waals surface area contributed by atoms with Gasteiger partial charge in [-0.2, -0.15) is 0 Å². The molecule has 0 saturated heterocycles. The van der Waals surface area contributed by atoms with Crippen LogP contribution in [0.25, 0.3) is 0 Å². The summed E-state index contributed by atoms with van der Waals surface area (Å²) in [6.07, 6.45) is 7.38. The highest BCUT2D eigenvalue weighted by atomic mass is 79.9. The molecular formula is C13H14BrN3. The summed E-state index contributed by atoms with van der Waals surface area (Å²) < 4.78 is 1.01. The first kappa shape index (κ1) is 12.2. The van der Waals surface area contributed by atoms with Crippen molar-refractivity contribution in [3.63, 3.8) is 0 Å². The van der Waals surface area contributed by atoms with Gasteiger partial charge in [-0.15, -0.1) is 0 Å². The number of hydrogen-bond donors (Lipinski definition) is 1. The predicted molar refractivity (Wildman–Crippen MR) is 71.5 cm³/mol. The number of aromatic nitrogens is 2. The van der Waals surface area contributed by atoms with E-state index in [1.807, 2.05) is 24.7 Å². The molecule has 0 amide bonds. The zero-order chi connectivity index (χ0) is 12.1. The minimum Gasteiger partial charge on any atom is -0.308 e. The van der Waals surface area contributed by atoms with Crippen LogP contribution in [0.2, 0.25) is 0 Å². The third kappa shape index (κ3) is 3.61. The van der Waals surface area contributed by atoms with E-state index in [1.165, 1.54) is 16.7 Å². The van der Waals surface area contributed by atoms with E-state index in [1.54, 1.807) is 6.20 Å². The molecule has 2 rings (SSSR count). The predicted octanol–water partition coefficient (Wildman–Crippen LogP) is 2.84. The van der Waals surface area contributed by atoms with Gasteiger partial charge in [0.05, 0.1) is 0 Å². The SMILES string of the molecule is Cc1ccncc1CNCc1cncc(Br)c1. The highest BCUT2D eigenvalue weighted by molar-refractivity contribution is 9.10. The minimum absolute atomic E-state index is 0.806. The van der Waals surface area contributed by atoms with E-state index in [4.69, 9.17) is 0 Å². The van der Waals surface area contributed by atoms with Crippen LogP contribution in [0.1, 0.15) is 16.7 Å². The Balaban J connectivity index is 1.90. The fraction of sp³-hybridized carbons (Fsp3) is 0.231. The van der Waals surface area contributed by atoms with Crippen LogP contribution < -0.4 is 5.32 Å². The molecule has 0 aliphatic rings. The van der Waals surface area contributed by atoms with Gasteiger partial charge in [0.2, 0.25) is 0 Å². The molecule has 0 radical (unpaired) electrons. The maximum Gasteiger partial charge on any atom is 0.0410 e. The van der Waals surface area contributed by atoms with Crippen molar-refractivity contribution in [2.45, 2.75) is 20.0 Å². The van der Waals surface area contributed by atoms with E-state index in [0.29, 0.717) is 0 Å². The van der Waals surface area contributed by atoms with Gasteiger partial charge < -0.3 is 5.32 Å². The zero-order valence-electron chi connectivity index (χ0n) is 9.65. The van der Waals surface area contributed by atoms with E-state index >= 15 is 0 Å². The lowest BCUT2D eigenvalue weighted by Gasteiger charge is -2.07. The molecule has 1 N–H and O–H groups in total. The van der Waals surface area contributed by atoms with E-state index in [-0.39, 0.29) is 0 Å². The first-order chi connectivity index (χ1) is 8.25. The lowest BCUT2D eigenvalue weighted by atomic mass is 10.1. The van der Waals surface area contributed by atoms with Crippen molar-refractivity contribution in [3.8, 4) is 0 Å². The summed E-state index contributed by atoms with van der Waals surface area (Å²) in [5.41, 5.74) is 3.66. The summed E-state index contributed by atoms with van der Waals surface area (Å²) in [6, 6.07) is 4.09. The molecule has 0 fully saturated rings. The van der Waals surface area contributed by atoms with Crippen LogP contribution in [0.5, 0.6) is 0 Å². The zero-order valence-corrected chi connectivity index (χ0v) is 11.2. The van der Waals surface area contributed by atoms with Crippen LogP contribution in [0.15, 0.2) is 41.4 Å². The Morgan fingerprint density at radius 2 is 2.06 bits per heavy atom. The monoisotopic (exact) mass is 291 g/mol. The molecule has 0 atom stereocenters. The van der Waals surface area contributed by atoms with Gasteiger partial charge in [-0.3, -0.25) is 9.97 Å². The van der Waals surface area contributed by atoms with Gasteiger partial charge in [0.1, 0.15) is 0 Å². The molecule has 2 aromatic heterocycles. The molecule has 0 bridgehead atoms. The number of nitrogens with zero attached hydrogens (tertiary/aromatic N) is 2. The number of hydrogen-bond acceptors (Lipinski definition) is 3. The topological polar surface area (TPSA) is 37.8 Å². The fourth-order valence-electron chi connectivity index (χ4n) is 1.58. The van der Waals surface area contributed by atoms with Gasteiger partial charge in [-0.05, 0) is 51.7 Å². The molecule has 17 heavy (non-hydrogen) atoms. The third-order valence-corrected chi connectivity index (χ3v) is 2.99. The van der Waals surface area contributed by atoms with Crippen molar-refractivity contribution in [2.24, 2.45) is 0 Å². The van der Waals surface area contributed by atoms with Gasteiger partial charge in [0.15, 0.2) is 0 Å². The minimum atomic E-state index is 0.806. The van der Waals surface area contributed by atoms with Crippen molar-refractivity contribution in [3.05, 3.63) is 58.1 Å². The summed E-state index contributed by atoms with van der Waals surface area (Å²) in [4.78, 5) is 8.25. The molecule has 0 saturated carbocycles. The average Bonchev–Trinajstić information content (AvgIpc) is 2.32. The third-order valence-electron chi connectivity index (χ3n) is 2.55. The normalized spacial score (nSPS) is 10.5. The van der Waals surface area contributed by atoms with Crippen LogP contribution in [0.3, 0.4) is 0 Å². The van der Waals surface area contributed by atoms with Gasteiger partial charge in [0.25, 0.3) is 0 Å². The molecule has 0 unspecified atom stereocenters. The molecule has 3 nitrogen and oxygen atoms in total. The lowest BCUT2D eigenvalue weighted by Crippen LogP contribution is -2.13. The quantitative estimate of drug-likeness (QED) is 0.941. The maximum atomic E-state index is 4.13. The van der Waals surface area contributed by atoms with Crippen molar-refractivity contribution >= 4 is 15.9 Å². The second-order valence-corrected chi connectivity index (χ2v) is 4.83. The van der Waals surface area contributed by atoms with Gasteiger partial charge >= 0.3 is 0 Å². The number of rotatable bonds is 4. The highest BCUT2D eigenvalue weighted by Crippen LogP contribution is 2.10. The Bertz CT molecular complexity index is 500. The number of halogens is 1. The second kappa shape index (κ2) is 5.89. The van der Waals surface area contributed by atoms with Crippen LogP contribution in [-0.4, -0.2) is 9.97 Å². The summed E-state index contributed by atoms with van der Waals surface area (Å²) in [5.74, 6) is 0. The fourth-order valence-corrected chi connectivity index (χ4v) is 1.99. The molecule has 88 valence electrons. The van der Waals surface area contributed by atoms with E-state index < -0.39 is 0 Å². The Morgan fingerprint density at radius 3 is 2.82 bits per heavy atom. The van der Waals surface area contributed by atoms with E-state index in [0.717, 1.165) is 17.6 Å². The van der Waals surface area contributed by atoms with Crippen LogP contribution >= 0.6 is 15.9 Å². The molecular weight excluding hydrogens is 278 g/mol. The standard InChI is InChI=1S/C13H14BrN3/c1-10-2-3-15-7-12(10)8-16-5-11-4-13(14)9-17-6-11/h2-4,6-7,9,16H,5,8H2,1H3. The second-order valence-electron chi connectivity index (χ2n) is 3.92. The molecule has 0 spiro atoms. The first-order valence-electron chi connectivity index (χ1n) is 5.45. The summed E-state index contributed by atoms with van der Waals surface area (Å²) in [7, 11) is 0. The molecule has 0 aliphatic heterocycles. The largest absolute Gasteiger partial charge is 0.308 e. The molecule has 4 heteroatoms. The first-order valence-corrected chi connectivity index (χ1v) is 6.24. The summed E-state index contributed by atoms with van der Waals surface area (Å²) in [5, 5.41) is 3.39. The molecule has 0 aliphatic carbocycles. The van der Waals surface area contributed by atoms with Crippen molar-refractivity contribution in [1.29, 1.82) is 0 Å². The summed E-state index contributed by atoms with van der Waals surface area (Å²) >= 11 is 3.41. The van der Waals surface area contributed by atoms with Crippen molar-refractivity contribution in [2.75, 3.05) is 0 Å². The summed E-state index contributed by atoms with van der Waals surface area (Å²) in [6.45, 7) is 3.73. The molecule has 0 aromatic carbocycles. The number of nitrogens with one attached hydrogen (secondary N) is 1. The Morgan fingerprint density at radius 1 is 1.18 bits per heavy atom. The maximum absolute atomic E-state index is 4.13. The lowest BCUT2D eigenvalue weighted by molar-refractivity contribution is 0.686. The molecule has 2 aromatic rings. The van der Waals surface area contributed by atoms with Gasteiger partial charge in [-0.1, -0.05) is 0 Å². The number of pyridine rings is 2. The van der Waals surface area contributed by atoms with Crippen molar-refractivity contribution < 1.29 is 0 Å². The highest BCUT2D eigenvalue weighted by Gasteiger charge is 1.98. The Hall–Kier alpha value is -1.26. The Labute approximate surface area is 109 Å². The van der Waals surface area contributed by atoms with Crippen LogP contribution in [0.4, 0.5) is 0 Å². The molecule has 2 heterocycles. The van der Waals surface area contributed by atoms with Crippen LogP contribution in [0, 0.1) is 6.92 Å². The van der Waals surface area contributed by atoms with Crippen molar-refractivity contribution in [1.82, 2.24) is 15.3 Å². The van der Waals surface area contributed by atoms with E-state index in [9.17, 15) is 0 Å². The average molecular weight is 292 g/mol. The van der Waals surface area contributed by atoms with E-state index in [2.05, 4.69) is 44.2 Å². The van der Waals surface area contributed by atoms with Crippen LogP contribution in [-0.2, 0) is 13.1 Å². The van der Waals surface area contributed by atoms with Gasteiger partial charge in [0, 0.05) is 42.3 Å². The van der Waals surface area contributed by atoms with Gasteiger partial charge in [-0.25, -0.2) is 0 Å². The number of aryl methyl sites for hydroxylation is 1. The smallest absolute Gasteiger partial charge is 0.0410 e.